The number of hydrogen-bond donors (Lipinski definition) is 0. The third kappa shape index (κ3) is 5.21. The lowest BCUT2D eigenvalue weighted by Gasteiger charge is -2.32. The predicted molar refractivity (Wildman–Crippen MR) is 164 cm³/mol. The second-order valence-corrected chi connectivity index (χ2v) is 13.6. The van der Waals surface area contributed by atoms with Crippen molar-refractivity contribution in [2.24, 2.45) is 0 Å². The van der Waals surface area contributed by atoms with Crippen LogP contribution in [0.3, 0.4) is 0 Å². The van der Waals surface area contributed by atoms with Gasteiger partial charge in [-0.2, -0.15) is 0 Å². The summed E-state index contributed by atoms with van der Waals surface area (Å²) in [7, 11) is -0.773. The predicted octanol–water partition coefficient (Wildman–Crippen LogP) is 6.75. The van der Waals surface area contributed by atoms with Gasteiger partial charge in [-0.05, 0) is 84.9 Å². The lowest BCUT2D eigenvalue weighted by molar-refractivity contribution is 0.00578. The van der Waals surface area contributed by atoms with Crippen LogP contribution in [0.25, 0.3) is 21.8 Å². The van der Waals surface area contributed by atoms with Crippen LogP contribution < -0.4 is 10.9 Å². The van der Waals surface area contributed by atoms with Crippen LogP contribution in [0.2, 0.25) is 0 Å². The normalized spacial score (nSPS) is 21.5. The minimum absolute atomic E-state index is 0.373. The van der Waals surface area contributed by atoms with Crippen molar-refractivity contribution >= 4 is 47.0 Å². The summed E-state index contributed by atoms with van der Waals surface area (Å²) in [5.74, 6) is 0. The first-order valence-electron chi connectivity index (χ1n) is 15.0. The Bertz CT molecular complexity index is 1220. The second kappa shape index (κ2) is 10.2. The minimum Gasteiger partial charge on any atom is -0.399 e. The highest BCUT2D eigenvalue weighted by Gasteiger charge is 2.52. The van der Waals surface area contributed by atoms with E-state index >= 15 is 0 Å². The van der Waals surface area contributed by atoms with Crippen LogP contribution in [0.5, 0.6) is 0 Å². The van der Waals surface area contributed by atoms with Crippen molar-refractivity contribution in [1.82, 2.24) is 4.57 Å². The fourth-order valence-electron chi connectivity index (χ4n) is 5.68. The molecule has 0 bridgehead atoms. The number of rotatable bonds is 9. The lowest BCUT2D eigenvalue weighted by atomic mass is 9.77. The van der Waals surface area contributed by atoms with Gasteiger partial charge >= 0.3 is 14.2 Å². The molecule has 2 aromatic carbocycles. The van der Waals surface area contributed by atoms with E-state index in [1.54, 1.807) is 0 Å². The van der Waals surface area contributed by atoms with Crippen molar-refractivity contribution in [3.8, 4) is 0 Å². The van der Waals surface area contributed by atoms with Crippen molar-refractivity contribution < 1.29 is 18.6 Å². The van der Waals surface area contributed by atoms with E-state index < -0.39 is 0 Å². The highest BCUT2D eigenvalue weighted by atomic mass is 16.7. The van der Waals surface area contributed by atoms with Gasteiger partial charge in [0.2, 0.25) is 0 Å². The molecule has 0 aliphatic carbocycles. The summed E-state index contributed by atoms with van der Waals surface area (Å²) in [6.45, 7) is 20.1. The molecule has 2 aliphatic rings. The van der Waals surface area contributed by atoms with Gasteiger partial charge < -0.3 is 23.2 Å². The molecular formula is C32H47B2NO4. The van der Waals surface area contributed by atoms with Crippen molar-refractivity contribution in [3.63, 3.8) is 0 Å². The zero-order valence-electron chi connectivity index (χ0n) is 25.6. The van der Waals surface area contributed by atoms with Gasteiger partial charge in [0.25, 0.3) is 0 Å². The first kappa shape index (κ1) is 28.7. The molecule has 0 atom stereocenters. The van der Waals surface area contributed by atoms with Crippen molar-refractivity contribution in [2.45, 2.75) is 130 Å². The molecule has 0 amide bonds. The number of aromatic nitrogens is 1. The van der Waals surface area contributed by atoms with Crippen LogP contribution >= 0.6 is 0 Å². The molecule has 2 fully saturated rings. The molecule has 2 aliphatic heterocycles. The maximum absolute atomic E-state index is 6.41. The van der Waals surface area contributed by atoms with Crippen LogP contribution in [-0.4, -0.2) is 41.2 Å². The average Bonchev–Trinajstić information content (AvgIpc) is 3.37. The summed E-state index contributed by atoms with van der Waals surface area (Å²) in [6.07, 6.45) is 7.70. The molecule has 0 spiro atoms. The number of unbranched alkanes of at least 4 members (excludes halogenated alkanes) is 5. The summed E-state index contributed by atoms with van der Waals surface area (Å²) in [5.41, 5.74) is 3.13. The van der Waals surface area contributed by atoms with Crippen LogP contribution in [0.1, 0.15) is 101 Å². The standard InChI is InChI=1S/C32H47B2NO4/c1-10-11-12-13-14-15-20-35-27-18-16-23(33-36-29(2,3)30(4,5)37-33)21-25(27)26-22-24(17-19-28(26)35)34-38-31(6,7)32(8,9)39-34/h16-19,21-22H,10-15,20H2,1-9H3. The Morgan fingerprint density at radius 3 is 1.36 bits per heavy atom. The molecule has 210 valence electrons. The van der Waals surface area contributed by atoms with E-state index in [9.17, 15) is 0 Å². The molecule has 5 rings (SSSR count). The number of nitrogens with zero attached hydrogens (tertiary/aromatic N) is 1. The fourth-order valence-corrected chi connectivity index (χ4v) is 5.68. The molecule has 3 aromatic rings. The molecular weight excluding hydrogens is 484 g/mol. The van der Waals surface area contributed by atoms with E-state index in [0.29, 0.717) is 0 Å². The van der Waals surface area contributed by atoms with E-state index in [2.05, 4.69) is 103 Å². The molecule has 0 unspecified atom stereocenters. The lowest BCUT2D eigenvalue weighted by Crippen LogP contribution is -2.41. The monoisotopic (exact) mass is 531 g/mol. The van der Waals surface area contributed by atoms with Crippen molar-refractivity contribution in [3.05, 3.63) is 36.4 Å². The summed E-state index contributed by atoms with van der Waals surface area (Å²) in [5, 5.41) is 2.45. The topological polar surface area (TPSA) is 41.9 Å². The molecule has 5 nitrogen and oxygen atoms in total. The first-order valence-corrected chi connectivity index (χ1v) is 15.0. The minimum atomic E-state index is -0.386. The third-order valence-electron chi connectivity index (χ3n) is 9.70. The highest BCUT2D eigenvalue weighted by Crippen LogP contribution is 2.38. The van der Waals surface area contributed by atoms with Crippen LogP contribution in [0.4, 0.5) is 0 Å². The largest absolute Gasteiger partial charge is 0.494 e. The Kier molecular flexibility index (Phi) is 7.54. The fraction of sp³-hybridized carbons (Fsp3) is 0.625. The molecule has 0 N–H and O–H groups in total. The first-order chi connectivity index (χ1) is 18.3. The Hall–Kier alpha value is -1.79. The van der Waals surface area contributed by atoms with Gasteiger partial charge in [-0.15, -0.1) is 0 Å². The number of fused-ring (bicyclic) bond motifs is 3. The van der Waals surface area contributed by atoms with Gasteiger partial charge in [0.1, 0.15) is 0 Å². The number of aryl methyl sites for hydroxylation is 1. The van der Waals surface area contributed by atoms with Gasteiger partial charge in [0, 0.05) is 28.4 Å². The summed E-state index contributed by atoms with van der Waals surface area (Å²) >= 11 is 0. The van der Waals surface area contributed by atoms with Gasteiger partial charge in [0.05, 0.1) is 22.4 Å². The molecule has 2 saturated heterocycles. The SMILES string of the molecule is CCCCCCCCn1c2ccc(B3OC(C)(C)C(C)(C)O3)cc2c2cc(B3OC(C)(C)C(C)(C)O3)ccc21. The molecule has 0 radical (unpaired) electrons. The Balaban J connectivity index is 1.53. The smallest absolute Gasteiger partial charge is 0.399 e. The molecule has 3 heterocycles. The number of benzene rings is 2. The van der Waals surface area contributed by atoms with E-state index in [1.807, 2.05) is 0 Å². The van der Waals surface area contributed by atoms with E-state index in [0.717, 1.165) is 17.5 Å². The van der Waals surface area contributed by atoms with Crippen molar-refractivity contribution in [2.75, 3.05) is 0 Å². The Morgan fingerprint density at radius 1 is 0.564 bits per heavy atom. The van der Waals surface area contributed by atoms with Crippen LogP contribution in [-0.2, 0) is 25.2 Å². The number of hydrogen-bond acceptors (Lipinski definition) is 4. The maximum atomic E-state index is 6.41. The van der Waals surface area contributed by atoms with E-state index in [-0.39, 0.29) is 36.6 Å². The Labute approximate surface area is 236 Å². The maximum Gasteiger partial charge on any atom is 0.494 e. The summed E-state index contributed by atoms with van der Waals surface area (Å²) in [4.78, 5) is 0. The van der Waals surface area contributed by atoms with Crippen molar-refractivity contribution in [1.29, 1.82) is 0 Å². The van der Waals surface area contributed by atoms with Gasteiger partial charge in [-0.1, -0.05) is 63.3 Å². The van der Waals surface area contributed by atoms with E-state index in [4.69, 9.17) is 18.6 Å². The molecule has 39 heavy (non-hydrogen) atoms. The van der Waals surface area contributed by atoms with Gasteiger partial charge in [-0.3, -0.25) is 0 Å². The van der Waals surface area contributed by atoms with Gasteiger partial charge in [0.15, 0.2) is 0 Å². The summed E-state index contributed by atoms with van der Waals surface area (Å²) in [6, 6.07) is 13.4. The average molecular weight is 531 g/mol. The van der Waals surface area contributed by atoms with Crippen LogP contribution in [0.15, 0.2) is 36.4 Å². The third-order valence-corrected chi connectivity index (χ3v) is 9.70. The zero-order chi connectivity index (χ0) is 28.2. The summed E-state index contributed by atoms with van der Waals surface area (Å²) < 4.78 is 28.1. The highest BCUT2D eigenvalue weighted by molar-refractivity contribution is 6.63. The van der Waals surface area contributed by atoms with Gasteiger partial charge in [-0.25, -0.2) is 0 Å². The van der Waals surface area contributed by atoms with E-state index in [1.165, 1.54) is 60.3 Å². The zero-order valence-corrected chi connectivity index (χ0v) is 25.6. The quantitative estimate of drug-likeness (QED) is 0.226. The second-order valence-electron chi connectivity index (χ2n) is 13.6. The molecule has 0 saturated carbocycles. The Morgan fingerprint density at radius 2 is 0.949 bits per heavy atom. The molecule has 1 aromatic heterocycles. The van der Waals surface area contributed by atoms with Crippen LogP contribution in [0, 0.1) is 0 Å². The molecule has 7 heteroatoms.